The zero-order chi connectivity index (χ0) is 16.7. The lowest BCUT2D eigenvalue weighted by Crippen LogP contribution is -2.44. The van der Waals surface area contributed by atoms with E-state index < -0.39 is 0 Å². The van der Waals surface area contributed by atoms with Gasteiger partial charge in [0.2, 0.25) is 0 Å². The number of aliphatic imine (C=N–C) groups is 1. The first-order chi connectivity index (χ1) is 11.2. The van der Waals surface area contributed by atoms with E-state index >= 15 is 0 Å². The Bertz CT molecular complexity index is 498. The molecule has 0 saturated carbocycles. The van der Waals surface area contributed by atoms with Gasteiger partial charge in [-0.1, -0.05) is 18.6 Å². The number of guanidine groups is 1. The highest BCUT2D eigenvalue weighted by Crippen LogP contribution is 2.25. The molecule has 1 aliphatic heterocycles. The molecule has 2 rings (SSSR count). The highest BCUT2D eigenvalue weighted by Gasteiger charge is 2.22. The van der Waals surface area contributed by atoms with Crippen LogP contribution in [0.15, 0.2) is 29.3 Å². The molecule has 1 fully saturated rings. The lowest BCUT2D eigenvalue weighted by atomic mass is 10.0. The quantitative estimate of drug-likeness (QED) is 0.429. The third-order valence-electron chi connectivity index (χ3n) is 4.42. The standard InChI is InChI=1S/C18H30N4O.HI/c1-19-18(21(2)3)20-14-17(22-12-6-5-7-13-22)15-8-10-16(23-4)11-9-15;/h8-11,17H,5-7,12-14H2,1-4H3,(H,19,20);1H. The normalized spacial score (nSPS) is 16.9. The van der Waals surface area contributed by atoms with Crippen molar-refractivity contribution in [3.05, 3.63) is 29.8 Å². The first-order valence-electron chi connectivity index (χ1n) is 8.41. The largest absolute Gasteiger partial charge is 0.497 e. The Morgan fingerprint density at radius 3 is 2.33 bits per heavy atom. The van der Waals surface area contributed by atoms with E-state index in [9.17, 15) is 0 Å². The lowest BCUT2D eigenvalue weighted by molar-refractivity contribution is 0.163. The van der Waals surface area contributed by atoms with Crippen LogP contribution < -0.4 is 10.1 Å². The van der Waals surface area contributed by atoms with Crippen LogP contribution in [-0.2, 0) is 0 Å². The van der Waals surface area contributed by atoms with Crippen LogP contribution in [0.25, 0.3) is 0 Å². The number of nitrogens with zero attached hydrogens (tertiary/aromatic N) is 3. The lowest BCUT2D eigenvalue weighted by Gasteiger charge is -2.35. The topological polar surface area (TPSA) is 40.1 Å². The number of ether oxygens (including phenoxy) is 1. The summed E-state index contributed by atoms with van der Waals surface area (Å²) < 4.78 is 5.29. The molecule has 0 aliphatic carbocycles. The summed E-state index contributed by atoms with van der Waals surface area (Å²) in [7, 11) is 7.56. The van der Waals surface area contributed by atoms with Crippen molar-refractivity contribution in [3.63, 3.8) is 0 Å². The average molecular weight is 446 g/mol. The number of benzene rings is 1. The van der Waals surface area contributed by atoms with Crippen molar-refractivity contribution < 1.29 is 4.74 Å². The summed E-state index contributed by atoms with van der Waals surface area (Å²) in [6.07, 6.45) is 3.92. The molecule has 136 valence electrons. The van der Waals surface area contributed by atoms with Crippen LogP contribution in [0.2, 0.25) is 0 Å². The van der Waals surface area contributed by atoms with E-state index in [4.69, 9.17) is 4.74 Å². The number of nitrogens with one attached hydrogen (secondary N) is 1. The predicted molar refractivity (Wildman–Crippen MR) is 112 cm³/mol. The number of rotatable bonds is 5. The molecule has 0 spiro atoms. The van der Waals surface area contributed by atoms with Crippen molar-refractivity contribution in [2.75, 3.05) is 47.9 Å². The van der Waals surface area contributed by atoms with Gasteiger partial charge in [0.05, 0.1) is 13.2 Å². The van der Waals surface area contributed by atoms with Crippen LogP contribution in [0.1, 0.15) is 30.9 Å². The van der Waals surface area contributed by atoms with Crippen molar-refractivity contribution in [1.29, 1.82) is 0 Å². The number of piperidine rings is 1. The Kier molecular flexibility index (Phi) is 9.43. The second-order valence-electron chi connectivity index (χ2n) is 6.21. The maximum absolute atomic E-state index is 5.29. The molecule has 0 radical (unpaired) electrons. The highest BCUT2D eigenvalue weighted by molar-refractivity contribution is 14.0. The smallest absolute Gasteiger partial charge is 0.193 e. The van der Waals surface area contributed by atoms with Gasteiger partial charge in [0.25, 0.3) is 0 Å². The molecule has 0 amide bonds. The Balaban J connectivity index is 0.00000288. The summed E-state index contributed by atoms with van der Waals surface area (Å²) in [5.41, 5.74) is 1.33. The number of methoxy groups -OCH3 is 1. The molecule has 24 heavy (non-hydrogen) atoms. The summed E-state index contributed by atoms with van der Waals surface area (Å²) in [5, 5.41) is 3.50. The van der Waals surface area contributed by atoms with Crippen LogP contribution in [-0.4, -0.2) is 63.6 Å². The van der Waals surface area contributed by atoms with Gasteiger partial charge in [-0.2, -0.15) is 0 Å². The second-order valence-corrected chi connectivity index (χ2v) is 6.21. The maximum Gasteiger partial charge on any atom is 0.193 e. The molecule has 1 atom stereocenters. The number of hydrogen-bond donors (Lipinski definition) is 1. The summed E-state index contributed by atoms with van der Waals surface area (Å²) in [4.78, 5) is 8.92. The molecule has 6 heteroatoms. The molecule has 1 heterocycles. The number of halogens is 1. The van der Waals surface area contributed by atoms with E-state index in [1.165, 1.54) is 37.9 Å². The van der Waals surface area contributed by atoms with Crippen LogP contribution in [0.3, 0.4) is 0 Å². The second kappa shape index (κ2) is 10.8. The third kappa shape index (κ3) is 5.81. The summed E-state index contributed by atoms with van der Waals surface area (Å²) in [5.74, 6) is 1.82. The van der Waals surface area contributed by atoms with Crippen LogP contribution >= 0.6 is 24.0 Å². The van der Waals surface area contributed by atoms with Gasteiger partial charge >= 0.3 is 0 Å². The van der Waals surface area contributed by atoms with Crippen molar-refractivity contribution in [2.45, 2.75) is 25.3 Å². The first-order valence-corrected chi connectivity index (χ1v) is 8.41. The highest BCUT2D eigenvalue weighted by atomic mass is 127. The van der Waals surface area contributed by atoms with E-state index in [1.807, 2.05) is 38.2 Å². The van der Waals surface area contributed by atoms with Crippen LogP contribution in [0.5, 0.6) is 5.75 Å². The van der Waals surface area contributed by atoms with Crippen molar-refractivity contribution in [3.8, 4) is 5.75 Å². The number of likely N-dealkylation sites (tertiary alicyclic amines) is 1. The van der Waals surface area contributed by atoms with Gasteiger partial charge in [0.15, 0.2) is 5.96 Å². The predicted octanol–water partition coefficient (Wildman–Crippen LogP) is 2.98. The van der Waals surface area contributed by atoms with Gasteiger partial charge in [0, 0.05) is 27.7 Å². The van der Waals surface area contributed by atoms with Gasteiger partial charge in [-0.15, -0.1) is 24.0 Å². The molecule has 1 aromatic rings. The molecule has 1 aliphatic rings. The fourth-order valence-electron chi connectivity index (χ4n) is 3.14. The Hall–Kier alpha value is -1.02. The van der Waals surface area contributed by atoms with Gasteiger partial charge < -0.3 is 15.0 Å². The monoisotopic (exact) mass is 446 g/mol. The molecule has 5 nitrogen and oxygen atoms in total. The van der Waals surface area contributed by atoms with E-state index in [2.05, 4.69) is 27.3 Å². The fourth-order valence-corrected chi connectivity index (χ4v) is 3.14. The van der Waals surface area contributed by atoms with E-state index in [-0.39, 0.29) is 24.0 Å². The van der Waals surface area contributed by atoms with E-state index in [0.29, 0.717) is 6.04 Å². The Labute approximate surface area is 163 Å². The van der Waals surface area contributed by atoms with E-state index in [0.717, 1.165) is 18.3 Å². The minimum Gasteiger partial charge on any atom is -0.497 e. The maximum atomic E-state index is 5.29. The minimum absolute atomic E-state index is 0. The summed E-state index contributed by atoms with van der Waals surface area (Å²) in [6, 6.07) is 8.81. The van der Waals surface area contributed by atoms with Gasteiger partial charge in [0.1, 0.15) is 5.75 Å². The zero-order valence-corrected chi connectivity index (χ0v) is 17.6. The summed E-state index contributed by atoms with van der Waals surface area (Å²) in [6.45, 7) is 3.19. The molecular formula is C18H31IN4O. The molecule has 1 aromatic carbocycles. The minimum atomic E-state index is 0. The van der Waals surface area contributed by atoms with Gasteiger partial charge in [-0.3, -0.25) is 9.89 Å². The van der Waals surface area contributed by atoms with Crippen molar-refractivity contribution >= 4 is 29.9 Å². The Morgan fingerprint density at radius 1 is 1.21 bits per heavy atom. The molecule has 1 saturated heterocycles. The molecule has 0 bridgehead atoms. The Morgan fingerprint density at radius 2 is 1.83 bits per heavy atom. The van der Waals surface area contributed by atoms with Gasteiger partial charge in [-0.25, -0.2) is 0 Å². The summed E-state index contributed by atoms with van der Waals surface area (Å²) >= 11 is 0. The fraction of sp³-hybridized carbons (Fsp3) is 0.611. The van der Waals surface area contributed by atoms with Crippen molar-refractivity contribution in [1.82, 2.24) is 15.1 Å². The number of hydrogen-bond acceptors (Lipinski definition) is 3. The van der Waals surface area contributed by atoms with E-state index in [1.54, 1.807) is 7.11 Å². The molecule has 1 N–H and O–H groups in total. The van der Waals surface area contributed by atoms with Crippen LogP contribution in [0.4, 0.5) is 0 Å². The first kappa shape index (κ1) is 21.0. The van der Waals surface area contributed by atoms with Crippen molar-refractivity contribution in [2.24, 2.45) is 4.99 Å². The SMILES string of the molecule is CN=C(NCC(c1ccc(OC)cc1)N1CCCCC1)N(C)C.I. The molecule has 1 unspecified atom stereocenters. The van der Waals surface area contributed by atoms with Gasteiger partial charge in [-0.05, 0) is 43.6 Å². The molecule has 0 aromatic heterocycles. The molecular weight excluding hydrogens is 415 g/mol. The third-order valence-corrected chi connectivity index (χ3v) is 4.42. The van der Waals surface area contributed by atoms with Crippen LogP contribution in [0, 0.1) is 0 Å². The zero-order valence-electron chi connectivity index (χ0n) is 15.3. The average Bonchev–Trinajstić information content (AvgIpc) is 2.59.